The fraction of sp³-hybridized carbons (Fsp3) is 0.700. The quantitative estimate of drug-likeness (QED) is 0.670. The minimum atomic E-state index is -0.108. The Morgan fingerprint density at radius 3 is 2.71 bits per heavy atom. The predicted molar refractivity (Wildman–Crippen MR) is 65.9 cm³/mol. The molecule has 1 aromatic heterocycles. The van der Waals surface area contributed by atoms with Crippen LogP contribution in [0.2, 0.25) is 0 Å². The lowest BCUT2D eigenvalue weighted by Crippen LogP contribution is -2.25. The van der Waals surface area contributed by atoms with E-state index >= 15 is 0 Å². The molecule has 1 aliphatic heterocycles. The molecule has 94 valence electrons. The van der Waals surface area contributed by atoms with E-state index in [0.29, 0.717) is 11.9 Å². The zero-order valence-corrected chi connectivity index (χ0v) is 9.93. The van der Waals surface area contributed by atoms with Crippen LogP contribution in [0.3, 0.4) is 0 Å². The molecule has 0 aliphatic carbocycles. The number of nitrogens with two attached hydrogens (primary N) is 1. The van der Waals surface area contributed by atoms with Gasteiger partial charge in [-0.2, -0.15) is 15.0 Å². The summed E-state index contributed by atoms with van der Waals surface area (Å²) in [4.78, 5) is 14.5. The SMILES string of the molecule is CC(CO)Nc1nc(N)nc(N2CCCC2)n1. The molecule has 0 bridgehead atoms. The molecule has 7 heteroatoms. The van der Waals surface area contributed by atoms with Crippen LogP contribution in [-0.2, 0) is 0 Å². The molecule has 1 aliphatic rings. The van der Waals surface area contributed by atoms with Crippen molar-refractivity contribution < 1.29 is 5.11 Å². The normalized spacial score (nSPS) is 17.2. The van der Waals surface area contributed by atoms with E-state index in [1.165, 1.54) is 0 Å². The Kier molecular flexibility index (Phi) is 3.58. The third-order valence-corrected chi connectivity index (χ3v) is 2.68. The van der Waals surface area contributed by atoms with Gasteiger partial charge >= 0.3 is 0 Å². The number of aliphatic hydroxyl groups is 1. The maximum Gasteiger partial charge on any atom is 0.231 e. The Morgan fingerprint density at radius 2 is 2.06 bits per heavy atom. The zero-order valence-electron chi connectivity index (χ0n) is 9.93. The van der Waals surface area contributed by atoms with E-state index in [0.717, 1.165) is 25.9 Å². The lowest BCUT2D eigenvalue weighted by Gasteiger charge is -2.17. The monoisotopic (exact) mass is 238 g/mol. The van der Waals surface area contributed by atoms with Crippen LogP contribution in [0.1, 0.15) is 19.8 Å². The van der Waals surface area contributed by atoms with Gasteiger partial charge in [0.05, 0.1) is 6.61 Å². The molecular weight excluding hydrogens is 220 g/mol. The largest absolute Gasteiger partial charge is 0.394 e. The number of nitrogens with zero attached hydrogens (tertiary/aromatic N) is 4. The van der Waals surface area contributed by atoms with Gasteiger partial charge in [0, 0.05) is 19.1 Å². The first-order valence-corrected chi connectivity index (χ1v) is 5.83. The first kappa shape index (κ1) is 11.8. The van der Waals surface area contributed by atoms with Gasteiger partial charge in [0.1, 0.15) is 0 Å². The van der Waals surface area contributed by atoms with Gasteiger partial charge in [-0.05, 0) is 19.8 Å². The highest BCUT2D eigenvalue weighted by atomic mass is 16.3. The molecule has 0 radical (unpaired) electrons. The lowest BCUT2D eigenvalue weighted by molar-refractivity contribution is 0.281. The van der Waals surface area contributed by atoms with E-state index in [4.69, 9.17) is 10.8 Å². The topological polar surface area (TPSA) is 100 Å². The second-order valence-electron chi connectivity index (χ2n) is 4.24. The average molecular weight is 238 g/mol. The lowest BCUT2D eigenvalue weighted by atomic mass is 10.4. The molecule has 7 nitrogen and oxygen atoms in total. The Labute approximate surface area is 100 Å². The maximum absolute atomic E-state index is 8.97. The molecule has 1 aromatic rings. The highest BCUT2D eigenvalue weighted by molar-refractivity contribution is 5.42. The minimum Gasteiger partial charge on any atom is -0.394 e. The molecule has 0 amide bonds. The van der Waals surface area contributed by atoms with Gasteiger partial charge < -0.3 is 21.1 Å². The predicted octanol–water partition coefficient (Wildman–Crippen LogP) is -0.153. The van der Waals surface area contributed by atoms with Crippen molar-refractivity contribution in [2.24, 2.45) is 0 Å². The van der Waals surface area contributed by atoms with Gasteiger partial charge in [-0.1, -0.05) is 0 Å². The molecule has 4 N–H and O–H groups in total. The van der Waals surface area contributed by atoms with Crippen molar-refractivity contribution in [2.45, 2.75) is 25.8 Å². The van der Waals surface area contributed by atoms with Crippen molar-refractivity contribution in [3.8, 4) is 0 Å². The molecule has 2 rings (SSSR count). The minimum absolute atomic E-state index is 0.0185. The highest BCUT2D eigenvalue weighted by Gasteiger charge is 2.17. The van der Waals surface area contributed by atoms with Gasteiger partial charge in [-0.15, -0.1) is 0 Å². The van der Waals surface area contributed by atoms with Crippen LogP contribution >= 0.6 is 0 Å². The summed E-state index contributed by atoms with van der Waals surface area (Å²) in [6.45, 7) is 3.77. The zero-order chi connectivity index (χ0) is 12.3. The third-order valence-electron chi connectivity index (χ3n) is 2.68. The van der Waals surface area contributed by atoms with E-state index in [9.17, 15) is 0 Å². The Balaban J connectivity index is 2.16. The van der Waals surface area contributed by atoms with Crippen molar-refractivity contribution in [2.75, 3.05) is 35.6 Å². The van der Waals surface area contributed by atoms with Gasteiger partial charge in [0.25, 0.3) is 0 Å². The van der Waals surface area contributed by atoms with Crippen molar-refractivity contribution in [3.05, 3.63) is 0 Å². The van der Waals surface area contributed by atoms with Gasteiger partial charge in [-0.25, -0.2) is 0 Å². The van der Waals surface area contributed by atoms with Crippen molar-refractivity contribution in [1.29, 1.82) is 0 Å². The van der Waals surface area contributed by atoms with Gasteiger partial charge in [-0.3, -0.25) is 0 Å². The summed E-state index contributed by atoms with van der Waals surface area (Å²) in [5, 5.41) is 11.9. The number of nitrogens with one attached hydrogen (secondary N) is 1. The number of hydrogen-bond donors (Lipinski definition) is 3. The molecule has 17 heavy (non-hydrogen) atoms. The second-order valence-corrected chi connectivity index (χ2v) is 4.24. The summed E-state index contributed by atoms with van der Waals surface area (Å²) in [5.41, 5.74) is 5.65. The standard InChI is InChI=1S/C10H18N6O/c1-7(6-17)12-9-13-8(11)14-10(15-9)16-4-2-3-5-16/h7,17H,2-6H2,1H3,(H3,11,12,13,14,15). The molecule has 1 atom stereocenters. The fourth-order valence-electron chi connectivity index (χ4n) is 1.77. The van der Waals surface area contributed by atoms with Crippen molar-refractivity contribution in [1.82, 2.24) is 15.0 Å². The number of nitrogen functional groups attached to an aromatic ring is 1. The van der Waals surface area contributed by atoms with Crippen LogP contribution in [0.5, 0.6) is 0 Å². The summed E-state index contributed by atoms with van der Waals surface area (Å²) in [6, 6.07) is -0.108. The van der Waals surface area contributed by atoms with E-state index in [-0.39, 0.29) is 18.6 Å². The van der Waals surface area contributed by atoms with E-state index in [1.54, 1.807) is 0 Å². The molecule has 1 fully saturated rings. The smallest absolute Gasteiger partial charge is 0.231 e. The van der Waals surface area contributed by atoms with E-state index in [1.807, 2.05) is 6.92 Å². The fourth-order valence-corrected chi connectivity index (χ4v) is 1.77. The van der Waals surface area contributed by atoms with Gasteiger partial charge in [0.2, 0.25) is 17.8 Å². The summed E-state index contributed by atoms with van der Waals surface area (Å²) in [7, 11) is 0. The van der Waals surface area contributed by atoms with Crippen molar-refractivity contribution in [3.63, 3.8) is 0 Å². The maximum atomic E-state index is 8.97. The molecule has 1 saturated heterocycles. The van der Waals surface area contributed by atoms with E-state index < -0.39 is 0 Å². The third kappa shape index (κ3) is 2.94. The molecule has 0 spiro atoms. The first-order valence-electron chi connectivity index (χ1n) is 5.83. The summed E-state index contributed by atoms with van der Waals surface area (Å²) >= 11 is 0. The summed E-state index contributed by atoms with van der Waals surface area (Å²) in [5.74, 6) is 1.23. The average Bonchev–Trinajstić information content (AvgIpc) is 2.81. The Bertz CT molecular complexity index is 379. The van der Waals surface area contributed by atoms with Crippen LogP contribution in [-0.4, -0.2) is 45.8 Å². The summed E-state index contributed by atoms with van der Waals surface area (Å²) < 4.78 is 0. The molecule has 0 saturated carbocycles. The van der Waals surface area contributed by atoms with E-state index in [2.05, 4.69) is 25.2 Å². The molecule has 0 aromatic carbocycles. The number of aromatic nitrogens is 3. The Hall–Kier alpha value is -1.63. The van der Waals surface area contributed by atoms with Crippen LogP contribution in [0, 0.1) is 0 Å². The number of rotatable bonds is 4. The van der Waals surface area contributed by atoms with Crippen LogP contribution in [0.25, 0.3) is 0 Å². The van der Waals surface area contributed by atoms with Gasteiger partial charge in [0.15, 0.2) is 0 Å². The first-order chi connectivity index (χ1) is 8.19. The van der Waals surface area contributed by atoms with Crippen LogP contribution in [0.15, 0.2) is 0 Å². The number of anilines is 3. The highest BCUT2D eigenvalue weighted by Crippen LogP contribution is 2.17. The van der Waals surface area contributed by atoms with Crippen LogP contribution in [0.4, 0.5) is 17.8 Å². The number of hydrogen-bond acceptors (Lipinski definition) is 7. The number of aliphatic hydroxyl groups excluding tert-OH is 1. The summed E-state index contributed by atoms with van der Waals surface area (Å²) in [6.07, 6.45) is 2.31. The molecule has 2 heterocycles. The Morgan fingerprint density at radius 1 is 1.35 bits per heavy atom. The van der Waals surface area contributed by atoms with Crippen molar-refractivity contribution >= 4 is 17.8 Å². The molecular formula is C10H18N6O. The molecule has 1 unspecified atom stereocenters. The van der Waals surface area contributed by atoms with Crippen LogP contribution < -0.4 is 16.0 Å². The second kappa shape index (κ2) is 5.13.